The molecule has 1 aromatic heterocycles. The largest absolute Gasteiger partial charge is 0.365 e. The first-order valence-corrected chi connectivity index (χ1v) is 11.2. The molecule has 0 fully saturated rings. The number of aryl methyl sites for hydroxylation is 1. The summed E-state index contributed by atoms with van der Waals surface area (Å²) in [6, 6.07) is 6.34. The topological polar surface area (TPSA) is 106 Å². The highest BCUT2D eigenvalue weighted by atomic mass is 32.2. The predicted octanol–water partition coefficient (Wildman–Crippen LogP) is 2.69. The van der Waals surface area contributed by atoms with E-state index in [-0.39, 0.29) is 4.90 Å². The van der Waals surface area contributed by atoms with E-state index in [0.29, 0.717) is 16.5 Å². The number of amides is 2. The van der Waals surface area contributed by atoms with E-state index in [1.165, 1.54) is 23.5 Å². The van der Waals surface area contributed by atoms with Crippen molar-refractivity contribution in [3.05, 3.63) is 45.8 Å². The minimum Gasteiger partial charge on any atom is -0.365 e. The quantitative estimate of drug-likeness (QED) is 0.796. The molecule has 144 valence electrons. The Hall–Kier alpha value is -2.19. The van der Waals surface area contributed by atoms with E-state index in [9.17, 15) is 18.0 Å². The zero-order valence-electron chi connectivity index (χ0n) is 15.2. The number of anilines is 1. The molecule has 1 heterocycles. The zero-order chi connectivity index (χ0) is 19.8. The normalized spacial score (nSPS) is 16.6. The van der Waals surface area contributed by atoms with Gasteiger partial charge in [0.2, 0.25) is 5.91 Å². The fourth-order valence-electron chi connectivity index (χ4n) is 3.26. The Balaban J connectivity index is 1.82. The Labute approximate surface area is 162 Å². The number of carbonyl (C=O) groups is 2. The van der Waals surface area contributed by atoms with Crippen molar-refractivity contribution >= 4 is 38.0 Å². The molecule has 1 aliphatic carbocycles. The third kappa shape index (κ3) is 4.22. The highest BCUT2D eigenvalue weighted by Gasteiger charge is 2.28. The molecule has 0 spiro atoms. The fourth-order valence-corrected chi connectivity index (χ4v) is 5.83. The molecule has 0 bridgehead atoms. The lowest BCUT2D eigenvalue weighted by Gasteiger charge is -2.18. The minimum atomic E-state index is -3.76. The van der Waals surface area contributed by atoms with Gasteiger partial charge in [-0.2, -0.15) is 0 Å². The van der Waals surface area contributed by atoms with E-state index in [4.69, 9.17) is 5.73 Å². The maximum Gasteiger partial charge on any atom is 0.251 e. The van der Waals surface area contributed by atoms with E-state index in [0.717, 1.165) is 35.3 Å². The van der Waals surface area contributed by atoms with Crippen LogP contribution >= 0.6 is 11.3 Å². The van der Waals surface area contributed by atoms with E-state index in [2.05, 4.69) is 12.2 Å². The molecule has 1 aromatic carbocycles. The van der Waals surface area contributed by atoms with Gasteiger partial charge in [-0.1, -0.05) is 24.6 Å². The van der Waals surface area contributed by atoms with Crippen LogP contribution in [0, 0.1) is 12.8 Å². The number of sulfone groups is 1. The highest BCUT2D eigenvalue weighted by molar-refractivity contribution is 7.92. The summed E-state index contributed by atoms with van der Waals surface area (Å²) in [6.07, 6.45) is 2.53. The highest BCUT2D eigenvalue weighted by Crippen LogP contribution is 2.39. The molecule has 2 amide bonds. The second-order valence-corrected chi connectivity index (χ2v) is 10.1. The Bertz CT molecular complexity index is 991. The van der Waals surface area contributed by atoms with E-state index < -0.39 is 27.4 Å². The maximum absolute atomic E-state index is 12.5. The van der Waals surface area contributed by atoms with Gasteiger partial charge >= 0.3 is 0 Å². The second kappa shape index (κ2) is 7.44. The molecule has 0 saturated heterocycles. The monoisotopic (exact) mass is 406 g/mol. The van der Waals surface area contributed by atoms with Crippen molar-refractivity contribution < 1.29 is 18.0 Å². The molecule has 0 radical (unpaired) electrons. The third-order valence-corrected chi connectivity index (χ3v) is 7.51. The van der Waals surface area contributed by atoms with E-state index >= 15 is 0 Å². The number of thiophene rings is 1. The number of carbonyl (C=O) groups excluding carboxylic acids is 2. The molecule has 8 heteroatoms. The summed E-state index contributed by atoms with van der Waals surface area (Å²) in [6.45, 7) is 3.99. The number of nitrogens with one attached hydrogen (secondary N) is 1. The number of hydrogen-bond donors (Lipinski definition) is 2. The Kier molecular flexibility index (Phi) is 5.39. The molecule has 0 aliphatic heterocycles. The molecule has 1 unspecified atom stereocenters. The van der Waals surface area contributed by atoms with Crippen LogP contribution in [0.4, 0.5) is 5.00 Å². The van der Waals surface area contributed by atoms with Crippen LogP contribution in [0.2, 0.25) is 0 Å². The van der Waals surface area contributed by atoms with Gasteiger partial charge in [0, 0.05) is 4.88 Å². The van der Waals surface area contributed by atoms with Crippen LogP contribution in [0.15, 0.2) is 29.2 Å². The van der Waals surface area contributed by atoms with E-state index in [1.807, 2.05) is 6.92 Å². The molecular formula is C19H22N2O4S2. The molecule has 27 heavy (non-hydrogen) atoms. The number of hydrogen-bond acceptors (Lipinski definition) is 5. The van der Waals surface area contributed by atoms with Crippen molar-refractivity contribution in [3.8, 4) is 0 Å². The van der Waals surface area contributed by atoms with Gasteiger partial charge in [0.25, 0.3) is 5.91 Å². The molecular weight excluding hydrogens is 384 g/mol. The van der Waals surface area contributed by atoms with Crippen LogP contribution in [0.25, 0.3) is 0 Å². The summed E-state index contributed by atoms with van der Waals surface area (Å²) >= 11 is 1.32. The lowest BCUT2D eigenvalue weighted by molar-refractivity contribution is -0.113. The van der Waals surface area contributed by atoms with Crippen molar-refractivity contribution in [2.45, 2.75) is 38.0 Å². The Morgan fingerprint density at radius 1 is 1.26 bits per heavy atom. The molecule has 3 N–H and O–H groups in total. The number of primary amides is 1. The van der Waals surface area contributed by atoms with Crippen molar-refractivity contribution in [2.24, 2.45) is 11.7 Å². The molecule has 1 atom stereocenters. The SMILES string of the molecule is Cc1ccc(S(=O)(=O)CC(=O)Nc2sc3c(c2C(N)=O)CCC(C)C3)cc1. The molecule has 2 aromatic rings. The summed E-state index contributed by atoms with van der Waals surface area (Å²) in [5.74, 6) is -1.46. The van der Waals surface area contributed by atoms with Crippen molar-refractivity contribution in [3.63, 3.8) is 0 Å². The van der Waals surface area contributed by atoms with Gasteiger partial charge in [-0.3, -0.25) is 9.59 Å². The van der Waals surface area contributed by atoms with Gasteiger partial charge in [0.1, 0.15) is 10.8 Å². The standard InChI is InChI=1S/C19H22N2O4S2/c1-11-3-6-13(7-4-11)27(24,25)10-16(22)21-19-17(18(20)23)14-8-5-12(2)9-15(14)26-19/h3-4,6-7,12H,5,8-10H2,1-2H3,(H2,20,23)(H,21,22). The maximum atomic E-state index is 12.5. The fraction of sp³-hybridized carbons (Fsp3) is 0.368. The first kappa shape index (κ1) is 19.6. The number of fused-ring (bicyclic) bond motifs is 1. The second-order valence-electron chi connectivity index (χ2n) is 7.04. The number of benzene rings is 1. The van der Waals surface area contributed by atoms with E-state index in [1.54, 1.807) is 12.1 Å². The first-order chi connectivity index (χ1) is 12.7. The van der Waals surface area contributed by atoms with Gasteiger partial charge < -0.3 is 11.1 Å². The van der Waals surface area contributed by atoms with Gasteiger partial charge in [0.05, 0.1) is 10.5 Å². The van der Waals surface area contributed by atoms with Gasteiger partial charge in [0.15, 0.2) is 9.84 Å². The lowest BCUT2D eigenvalue weighted by Crippen LogP contribution is -2.24. The Morgan fingerprint density at radius 3 is 2.56 bits per heavy atom. The van der Waals surface area contributed by atoms with Gasteiger partial charge in [-0.05, 0) is 49.8 Å². The summed E-state index contributed by atoms with van der Waals surface area (Å²) in [5.41, 5.74) is 7.67. The van der Waals surface area contributed by atoms with Crippen LogP contribution in [-0.2, 0) is 27.5 Å². The van der Waals surface area contributed by atoms with Crippen molar-refractivity contribution in [1.82, 2.24) is 0 Å². The van der Waals surface area contributed by atoms with Gasteiger partial charge in [-0.15, -0.1) is 11.3 Å². The molecule has 6 nitrogen and oxygen atoms in total. The average Bonchev–Trinajstić information content (AvgIpc) is 2.91. The zero-order valence-corrected chi connectivity index (χ0v) is 16.9. The third-order valence-electron chi connectivity index (χ3n) is 4.71. The molecule has 0 saturated carbocycles. The summed E-state index contributed by atoms with van der Waals surface area (Å²) in [7, 11) is -3.76. The molecule has 3 rings (SSSR count). The van der Waals surface area contributed by atoms with Crippen LogP contribution in [-0.4, -0.2) is 26.0 Å². The Morgan fingerprint density at radius 2 is 1.93 bits per heavy atom. The van der Waals surface area contributed by atoms with Gasteiger partial charge in [-0.25, -0.2) is 8.42 Å². The smallest absolute Gasteiger partial charge is 0.251 e. The molecule has 1 aliphatic rings. The van der Waals surface area contributed by atoms with Crippen molar-refractivity contribution in [1.29, 1.82) is 0 Å². The van der Waals surface area contributed by atoms with Crippen LogP contribution in [0.1, 0.15) is 39.7 Å². The van der Waals surface area contributed by atoms with Crippen molar-refractivity contribution in [2.75, 3.05) is 11.1 Å². The first-order valence-electron chi connectivity index (χ1n) is 8.71. The summed E-state index contributed by atoms with van der Waals surface area (Å²) in [5, 5.41) is 2.95. The number of nitrogens with two attached hydrogens (primary N) is 1. The van der Waals surface area contributed by atoms with Crippen LogP contribution < -0.4 is 11.1 Å². The van der Waals surface area contributed by atoms with Crippen LogP contribution in [0.5, 0.6) is 0 Å². The average molecular weight is 407 g/mol. The summed E-state index contributed by atoms with van der Waals surface area (Å²) in [4.78, 5) is 25.4. The lowest BCUT2D eigenvalue weighted by atomic mass is 9.88. The van der Waals surface area contributed by atoms with Crippen LogP contribution in [0.3, 0.4) is 0 Å². The number of rotatable bonds is 5. The summed E-state index contributed by atoms with van der Waals surface area (Å²) < 4.78 is 24.9. The predicted molar refractivity (Wildman–Crippen MR) is 106 cm³/mol. The minimum absolute atomic E-state index is 0.0951.